The minimum Gasteiger partial charge on any atom is -0.481 e. The van der Waals surface area contributed by atoms with Gasteiger partial charge >= 0.3 is 5.97 Å². The molecule has 1 aliphatic rings. The van der Waals surface area contributed by atoms with Crippen LogP contribution in [-0.4, -0.2) is 35.0 Å². The SMILES string of the molecule is O=C(O)CC1CN(C(=O)C=Cc2ccc(Cl)s2)C1. The summed E-state index contributed by atoms with van der Waals surface area (Å²) in [6, 6.07) is 3.63. The van der Waals surface area contributed by atoms with Crippen LogP contribution in [-0.2, 0) is 9.59 Å². The van der Waals surface area contributed by atoms with Crippen molar-refractivity contribution in [1.82, 2.24) is 4.90 Å². The number of carbonyl (C=O) groups is 2. The number of carbonyl (C=O) groups excluding carboxylic acids is 1. The summed E-state index contributed by atoms with van der Waals surface area (Å²) < 4.78 is 0.688. The number of amides is 1. The average molecular weight is 286 g/mol. The lowest BCUT2D eigenvalue weighted by Crippen LogP contribution is -2.49. The number of likely N-dealkylation sites (tertiary alicyclic amines) is 1. The minimum atomic E-state index is -0.809. The van der Waals surface area contributed by atoms with Crippen molar-refractivity contribution in [2.24, 2.45) is 5.92 Å². The van der Waals surface area contributed by atoms with Crippen molar-refractivity contribution in [2.45, 2.75) is 6.42 Å². The van der Waals surface area contributed by atoms with Crippen LogP contribution in [0.3, 0.4) is 0 Å². The molecule has 0 bridgehead atoms. The second-order valence-electron chi connectivity index (χ2n) is 4.18. The standard InChI is InChI=1S/C12H12ClNO3S/c13-10-3-1-9(18-10)2-4-11(15)14-6-8(7-14)5-12(16)17/h1-4,8H,5-7H2,(H,16,17). The van der Waals surface area contributed by atoms with E-state index in [0.717, 1.165) is 4.88 Å². The van der Waals surface area contributed by atoms with Crippen LogP contribution in [0.15, 0.2) is 18.2 Å². The second kappa shape index (κ2) is 5.54. The van der Waals surface area contributed by atoms with Gasteiger partial charge in [-0.25, -0.2) is 0 Å². The maximum Gasteiger partial charge on any atom is 0.303 e. The van der Waals surface area contributed by atoms with Crippen LogP contribution in [0.2, 0.25) is 4.34 Å². The van der Waals surface area contributed by atoms with Crippen molar-refractivity contribution in [3.63, 3.8) is 0 Å². The van der Waals surface area contributed by atoms with Gasteiger partial charge in [0.25, 0.3) is 0 Å². The number of halogens is 1. The zero-order valence-electron chi connectivity index (χ0n) is 9.51. The first-order valence-electron chi connectivity index (χ1n) is 5.48. The van der Waals surface area contributed by atoms with Crippen molar-refractivity contribution in [2.75, 3.05) is 13.1 Å². The van der Waals surface area contributed by atoms with E-state index in [1.54, 1.807) is 17.0 Å². The van der Waals surface area contributed by atoms with Crippen LogP contribution in [0.5, 0.6) is 0 Å². The van der Waals surface area contributed by atoms with Crippen LogP contribution in [0.25, 0.3) is 6.08 Å². The van der Waals surface area contributed by atoms with Gasteiger partial charge in [-0.1, -0.05) is 11.6 Å². The molecule has 2 rings (SSSR count). The van der Waals surface area contributed by atoms with Crippen LogP contribution in [0.4, 0.5) is 0 Å². The predicted molar refractivity (Wildman–Crippen MR) is 70.7 cm³/mol. The van der Waals surface area contributed by atoms with Crippen molar-refractivity contribution in [3.05, 3.63) is 27.4 Å². The van der Waals surface area contributed by atoms with E-state index >= 15 is 0 Å². The molecule has 0 radical (unpaired) electrons. The molecule has 1 aromatic rings. The largest absolute Gasteiger partial charge is 0.481 e. The van der Waals surface area contributed by atoms with Gasteiger partial charge in [-0.2, -0.15) is 0 Å². The molecule has 1 saturated heterocycles. The zero-order chi connectivity index (χ0) is 13.1. The summed E-state index contributed by atoms with van der Waals surface area (Å²) in [6.45, 7) is 1.06. The van der Waals surface area contributed by atoms with Crippen LogP contribution >= 0.6 is 22.9 Å². The summed E-state index contributed by atoms with van der Waals surface area (Å²) in [5.41, 5.74) is 0. The zero-order valence-corrected chi connectivity index (χ0v) is 11.1. The first-order chi connectivity index (χ1) is 8.54. The molecule has 1 amide bonds. The van der Waals surface area contributed by atoms with E-state index in [-0.39, 0.29) is 18.2 Å². The highest BCUT2D eigenvalue weighted by Crippen LogP contribution is 2.23. The van der Waals surface area contributed by atoms with Crippen LogP contribution in [0.1, 0.15) is 11.3 Å². The first-order valence-corrected chi connectivity index (χ1v) is 6.68. The van der Waals surface area contributed by atoms with E-state index in [1.165, 1.54) is 17.4 Å². The second-order valence-corrected chi connectivity index (χ2v) is 5.93. The number of rotatable bonds is 4. The first kappa shape index (κ1) is 13.1. The van der Waals surface area contributed by atoms with Crippen molar-refractivity contribution < 1.29 is 14.7 Å². The monoisotopic (exact) mass is 285 g/mol. The topological polar surface area (TPSA) is 57.6 Å². The molecule has 18 heavy (non-hydrogen) atoms. The number of carboxylic acids is 1. The number of thiophene rings is 1. The quantitative estimate of drug-likeness (QED) is 0.864. The van der Waals surface area contributed by atoms with Gasteiger partial charge in [-0.15, -0.1) is 11.3 Å². The number of aliphatic carboxylic acids is 1. The third kappa shape index (κ3) is 3.34. The Labute approximate surface area is 113 Å². The lowest BCUT2D eigenvalue weighted by Gasteiger charge is -2.37. The molecule has 0 saturated carbocycles. The van der Waals surface area contributed by atoms with Gasteiger partial charge in [0.05, 0.1) is 10.8 Å². The maximum atomic E-state index is 11.7. The Kier molecular flexibility index (Phi) is 4.04. The fraction of sp³-hybridized carbons (Fsp3) is 0.333. The molecule has 0 atom stereocenters. The summed E-state index contributed by atoms with van der Waals surface area (Å²) >= 11 is 7.18. The molecule has 0 unspecified atom stereocenters. The Morgan fingerprint density at radius 3 is 2.78 bits per heavy atom. The number of hydrogen-bond donors (Lipinski definition) is 1. The number of carboxylic acid groups (broad SMARTS) is 1. The van der Waals surface area contributed by atoms with Gasteiger partial charge in [0.15, 0.2) is 0 Å². The van der Waals surface area contributed by atoms with E-state index in [2.05, 4.69) is 0 Å². The van der Waals surface area contributed by atoms with E-state index in [9.17, 15) is 9.59 Å². The maximum absolute atomic E-state index is 11.7. The predicted octanol–water partition coefficient (Wildman–Crippen LogP) is 2.35. The minimum absolute atomic E-state index is 0.0823. The fourth-order valence-electron chi connectivity index (χ4n) is 1.80. The summed E-state index contributed by atoms with van der Waals surface area (Å²) in [5, 5.41) is 8.60. The molecular formula is C12H12ClNO3S. The number of nitrogens with zero attached hydrogens (tertiary/aromatic N) is 1. The smallest absolute Gasteiger partial charge is 0.303 e. The number of hydrogen-bond acceptors (Lipinski definition) is 3. The lowest BCUT2D eigenvalue weighted by atomic mass is 9.96. The van der Waals surface area contributed by atoms with Crippen LogP contribution in [0, 0.1) is 5.92 Å². The van der Waals surface area contributed by atoms with E-state index in [4.69, 9.17) is 16.7 Å². The molecule has 2 heterocycles. The fourth-order valence-corrected chi connectivity index (χ4v) is 2.77. The molecule has 0 aliphatic carbocycles. The van der Waals surface area contributed by atoms with Gasteiger partial charge in [-0.05, 0) is 18.2 Å². The highest BCUT2D eigenvalue weighted by molar-refractivity contribution is 7.17. The molecule has 1 N–H and O–H groups in total. The lowest BCUT2D eigenvalue weighted by molar-refractivity contribution is -0.143. The highest BCUT2D eigenvalue weighted by atomic mass is 35.5. The molecular weight excluding hydrogens is 274 g/mol. The molecule has 1 aromatic heterocycles. The van der Waals surface area contributed by atoms with Crippen molar-refractivity contribution >= 4 is 40.9 Å². The Hall–Kier alpha value is -1.33. The van der Waals surface area contributed by atoms with Gasteiger partial charge in [0, 0.05) is 30.0 Å². The Morgan fingerprint density at radius 2 is 2.22 bits per heavy atom. The normalized spacial score (nSPS) is 15.9. The van der Waals surface area contributed by atoms with Gasteiger partial charge in [-0.3, -0.25) is 9.59 Å². The molecule has 4 nitrogen and oxygen atoms in total. The molecule has 1 aliphatic heterocycles. The van der Waals surface area contributed by atoms with E-state index in [1.807, 2.05) is 6.07 Å². The van der Waals surface area contributed by atoms with Gasteiger partial charge < -0.3 is 10.0 Å². The Morgan fingerprint density at radius 1 is 1.50 bits per heavy atom. The molecule has 1 fully saturated rings. The third-order valence-corrected chi connectivity index (χ3v) is 3.91. The van der Waals surface area contributed by atoms with Crippen molar-refractivity contribution in [3.8, 4) is 0 Å². The molecule has 0 aromatic carbocycles. The Bertz CT molecular complexity index is 491. The Balaban J connectivity index is 1.80. The summed E-state index contributed by atoms with van der Waals surface area (Å²) in [6.07, 6.45) is 3.36. The summed E-state index contributed by atoms with van der Waals surface area (Å²) in [7, 11) is 0. The molecule has 96 valence electrons. The molecule has 6 heteroatoms. The summed E-state index contributed by atoms with van der Waals surface area (Å²) in [4.78, 5) is 24.7. The highest BCUT2D eigenvalue weighted by Gasteiger charge is 2.30. The van der Waals surface area contributed by atoms with Crippen LogP contribution < -0.4 is 0 Å². The van der Waals surface area contributed by atoms with E-state index in [0.29, 0.717) is 17.4 Å². The third-order valence-electron chi connectivity index (χ3n) is 2.72. The van der Waals surface area contributed by atoms with Gasteiger partial charge in [0.1, 0.15) is 0 Å². The average Bonchev–Trinajstić information content (AvgIpc) is 2.65. The molecule has 0 spiro atoms. The van der Waals surface area contributed by atoms with Crippen molar-refractivity contribution in [1.29, 1.82) is 0 Å². The summed E-state index contributed by atoms with van der Waals surface area (Å²) in [5.74, 6) is -0.798. The van der Waals surface area contributed by atoms with E-state index < -0.39 is 5.97 Å². The van der Waals surface area contributed by atoms with Gasteiger partial charge in [0.2, 0.25) is 5.91 Å².